The van der Waals surface area contributed by atoms with Gasteiger partial charge in [-0.3, -0.25) is 0 Å². The van der Waals surface area contributed by atoms with Gasteiger partial charge in [0.05, 0.1) is 6.61 Å². The molecule has 62 valence electrons. The van der Waals surface area contributed by atoms with E-state index < -0.39 is 5.95 Å². The molecule has 0 radical (unpaired) electrons. The first-order valence-electron chi connectivity index (χ1n) is 3.51. The second kappa shape index (κ2) is 4.35. The fourth-order valence-corrected chi connectivity index (χ4v) is 0.702. The quantitative estimate of drug-likeness (QED) is 0.385. The molecule has 2 nitrogen and oxygen atoms in total. The van der Waals surface area contributed by atoms with E-state index in [0.29, 0.717) is 18.8 Å². The average Bonchev–Trinajstić information content (AvgIpc) is 2.05. The molecule has 0 aliphatic heterocycles. The second-order valence-corrected chi connectivity index (χ2v) is 2.12. The normalized spacial score (nSPS) is 9.00. The van der Waals surface area contributed by atoms with E-state index in [2.05, 4.69) is 10.9 Å². The van der Waals surface area contributed by atoms with Crippen LogP contribution in [0.4, 0.5) is 4.39 Å². The van der Waals surface area contributed by atoms with Gasteiger partial charge in [-0.2, -0.15) is 4.39 Å². The van der Waals surface area contributed by atoms with E-state index in [1.54, 1.807) is 6.07 Å². The smallest absolute Gasteiger partial charge is 0.216 e. The van der Waals surface area contributed by atoms with Crippen molar-refractivity contribution in [2.45, 2.75) is 6.42 Å². The minimum atomic E-state index is -0.548. The number of nitrogens with zero attached hydrogens (tertiary/aromatic N) is 1. The molecular formula is C9H8FNO. The Kier molecular flexibility index (Phi) is 3.09. The average molecular weight is 165 g/mol. The lowest BCUT2D eigenvalue weighted by atomic mass is 10.4. The summed E-state index contributed by atoms with van der Waals surface area (Å²) < 4.78 is 17.5. The minimum absolute atomic E-state index is 0.403. The van der Waals surface area contributed by atoms with Crippen molar-refractivity contribution in [1.82, 2.24) is 4.98 Å². The number of terminal acetylenes is 1. The van der Waals surface area contributed by atoms with Gasteiger partial charge in [0, 0.05) is 18.7 Å². The van der Waals surface area contributed by atoms with Gasteiger partial charge in [0.25, 0.3) is 0 Å². The molecule has 1 aromatic rings. The van der Waals surface area contributed by atoms with Gasteiger partial charge in [0.2, 0.25) is 5.95 Å². The van der Waals surface area contributed by atoms with Gasteiger partial charge in [-0.25, -0.2) is 4.98 Å². The molecule has 3 heteroatoms. The lowest BCUT2D eigenvalue weighted by Crippen LogP contribution is -1.96. The summed E-state index contributed by atoms with van der Waals surface area (Å²) in [6.45, 7) is 0.403. The maximum atomic E-state index is 12.4. The van der Waals surface area contributed by atoms with Crippen molar-refractivity contribution >= 4 is 0 Å². The van der Waals surface area contributed by atoms with E-state index in [0.717, 1.165) is 0 Å². The first-order chi connectivity index (χ1) is 5.83. The molecule has 0 saturated heterocycles. The molecule has 1 aromatic heterocycles. The zero-order chi connectivity index (χ0) is 8.81. The standard InChI is InChI=1S/C9H8FNO/c1-2-3-6-12-8-4-5-11-9(10)7-8/h1,4-5,7H,3,6H2. The fraction of sp³-hybridized carbons (Fsp3) is 0.222. The Balaban J connectivity index is 2.48. The van der Waals surface area contributed by atoms with E-state index in [1.165, 1.54) is 12.3 Å². The van der Waals surface area contributed by atoms with Crippen LogP contribution in [-0.2, 0) is 0 Å². The third-order valence-corrected chi connectivity index (χ3v) is 1.21. The Hall–Kier alpha value is -1.56. The maximum absolute atomic E-state index is 12.4. The summed E-state index contributed by atoms with van der Waals surface area (Å²) in [4.78, 5) is 3.38. The summed E-state index contributed by atoms with van der Waals surface area (Å²) in [6, 6.07) is 2.80. The summed E-state index contributed by atoms with van der Waals surface area (Å²) in [5.74, 6) is 2.33. The zero-order valence-electron chi connectivity index (χ0n) is 6.46. The van der Waals surface area contributed by atoms with Crippen LogP contribution in [0, 0.1) is 18.3 Å². The molecule has 1 rings (SSSR count). The molecule has 0 aliphatic carbocycles. The van der Waals surface area contributed by atoms with Crippen molar-refractivity contribution in [3.63, 3.8) is 0 Å². The highest BCUT2D eigenvalue weighted by Crippen LogP contribution is 2.09. The largest absolute Gasteiger partial charge is 0.492 e. The molecule has 12 heavy (non-hydrogen) atoms. The molecule has 0 unspecified atom stereocenters. The van der Waals surface area contributed by atoms with Crippen LogP contribution in [-0.4, -0.2) is 11.6 Å². The molecule has 0 saturated carbocycles. The molecular weight excluding hydrogens is 157 g/mol. The number of ether oxygens (including phenoxy) is 1. The Morgan fingerprint density at radius 3 is 3.17 bits per heavy atom. The fourth-order valence-electron chi connectivity index (χ4n) is 0.702. The molecule has 1 heterocycles. The molecule has 0 amide bonds. The summed E-state index contributed by atoms with van der Waals surface area (Å²) in [5.41, 5.74) is 0. The molecule has 0 spiro atoms. The second-order valence-electron chi connectivity index (χ2n) is 2.12. The maximum Gasteiger partial charge on any atom is 0.216 e. The van der Waals surface area contributed by atoms with Gasteiger partial charge in [0.15, 0.2) is 0 Å². The number of rotatable bonds is 3. The highest BCUT2D eigenvalue weighted by atomic mass is 19.1. The number of hydrogen-bond acceptors (Lipinski definition) is 2. The van der Waals surface area contributed by atoms with Crippen molar-refractivity contribution in [3.8, 4) is 18.1 Å². The van der Waals surface area contributed by atoms with Gasteiger partial charge in [-0.05, 0) is 6.07 Å². The van der Waals surface area contributed by atoms with Crippen molar-refractivity contribution < 1.29 is 9.13 Å². The van der Waals surface area contributed by atoms with Gasteiger partial charge in [0.1, 0.15) is 5.75 Å². The molecule has 0 aliphatic rings. The third kappa shape index (κ3) is 2.59. The van der Waals surface area contributed by atoms with Crippen molar-refractivity contribution in [1.29, 1.82) is 0 Å². The lowest BCUT2D eigenvalue weighted by Gasteiger charge is -2.01. The van der Waals surface area contributed by atoms with Gasteiger partial charge < -0.3 is 4.74 Å². The lowest BCUT2D eigenvalue weighted by molar-refractivity contribution is 0.324. The molecule has 0 atom stereocenters. The third-order valence-electron chi connectivity index (χ3n) is 1.21. The summed E-state index contributed by atoms with van der Waals surface area (Å²) in [7, 11) is 0. The Bertz CT molecular complexity index is 293. The number of aromatic nitrogens is 1. The monoisotopic (exact) mass is 165 g/mol. The van der Waals surface area contributed by atoms with E-state index >= 15 is 0 Å². The predicted octanol–water partition coefficient (Wildman–Crippen LogP) is 1.62. The molecule has 0 N–H and O–H groups in total. The number of hydrogen-bond donors (Lipinski definition) is 0. The predicted molar refractivity (Wildman–Crippen MR) is 43.1 cm³/mol. The number of halogens is 1. The number of pyridine rings is 1. The van der Waals surface area contributed by atoms with Crippen LogP contribution in [0.1, 0.15) is 6.42 Å². The highest BCUT2D eigenvalue weighted by molar-refractivity contribution is 5.17. The molecule has 0 fully saturated rings. The summed E-state index contributed by atoms with van der Waals surface area (Å²) in [6.07, 6.45) is 6.87. The SMILES string of the molecule is C#CCCOc1ccnc(F)c1. The molecule has 0 bridgehead atoms. The Labute approximate surface area is 70.4 Å². The highest BCUT2D eigenvalue weighted by Gasteiger charge is 1.94. The summed E-state index contributed by atoms with van der Waals surface area (Å²) >= 11 is 0. The van der Waals surface area contributed by atoms with Crippen LogP contribution < -0.4 is 4.74 Å². The van der Waals surface area contributed by atoms with Crippen LogP contribution in [0.3, 0.4) is 0 Å². The van der Waals surface area contributed by atoms with Crippen LogP contribution in [0.25, 0.3) is 0 Å². The van der Waals surface area contributed by atoms with Crippen molar-refractivity contribution in [2.75, 3.05) is 6.61 Å². The van der Waals surface area contributed by atoms with Crippen LogP contribution in [0.15, 0.2) is 18.3 Å². The first-order valence-corrected chi connectivity index (χ1v) is 3.51. The Morgan fingerprint density at radius 1 is 1.67 bits per heavy atom. The molecule has 0 aromatic carbocycles. The first kappa shape index (κ1) is 8.54. The van der Waals surface area contributed by atoms with Crippen LogP contribution in [0.2, 0.25) is 0 Å². The van der Waals surface area contributed by atoms with Gasteiger partial charge in [-0.15, -0.1) is 12.3 Å². The van der Waals surface area contributed by atoms with Crippen molar-refractivity contribution in [2.24, 2.45) is 0 Å². The van der Waals surface area contributed by atoms with E-state index in [-0.39, 0.29) is 0 Å². The van der Waals surface area contributed by atoms with Crippen LogP contribution >= 0.6 is 0 Å². The van der Waals surface area contributed by atoms with Crippen molar-refractivity contribution in [3.05, 3.63) is 24.3 Å². The van der Waals surface area contributed by atoms with Gasteiger partial charge in [-0.1, -0.05) is 0 Å². The van der Waals surface area contributed by atoms with E-state index in [1.807, 2.05) is 0 Å². The minimum Gasteiger partial charge on any atom is -0.492 e. The summed E-state index contributed by atoms with van der Waals surface area (Å²) in [5, 5.41) is 0. The zero-order valence-corrected chi connectivity index (χ0v) is 6.46. The van der Waals surface area contributed by atoms with Gasteiger partial charge >= 0.3 is 0 Å². The van der Waals surface area contributed by atoms with Crippen LogP contribution in [0.5, 0.6) is 5.75 Å². The van der Waals surface area contributed by atoms with E-state index in [4.69, 9.17) is 11.2 Å². The van der Waals surface area contributed by atoms with E-state index in [9.17, 15) is 4.39 Å². The topological polar surface area (TPSA) is 22.1 Å². The Morgan fingerprint density at radius 2 is 2.50 bits per heavy atom.